The average molecular weight is 535 g/mol. The molecule has 1 heterocycles. The number of esters is 1. The molecule has 0 bridgehead atoms. The second-order valence-corrected chi connectivity index (χ2v) is 10.7. The molecule has 0 saturated heterocycles. The van der Waals surface area contributed by atoms with Crippen molar-refractivity contribution in [3.63, 3.8) is 0 Å². The minimum absolute atomic E-state index is 0.00279. The first-order valence-electron chi connectivity index (χ1n) is 13.5. The van der Waals surface area contributed by atoms with Crippen molar-refractivity contribution in [3.05, 3.63) is 59.4 Å². The first-order chi connectivity index (χ1) is 17.9. The molecule has 0 aromatic rings. The first-order valence-corrected chi connectivity index (χ1v) is 13.5. The fourth-order valence-corrected chi connectivity index (χ4v) is 4.88. The Hall–Kier alpha value is -2.19. The van der Waals surface area contributed by atoms with Crippen molar-refractivity contribution in [2.45, 2.75) is 91.8 Å². The third kappa shape index (κ3) is 10.2. The lowest BCUT2D eigenvalue weighted by molar-refractivity contribution is -0.162. The normalized spacial score (nSPS) is 34.5. The summed E-state index contributed by atoms with van der Waals surface area (Å²) in [6, 6.07) is 0. The Labute approximate surface area is 229 Å². The largest absolute Gasteiger partial charge is 0.490 e. The number of carbonyl (C=O) groups is 1. The molecule has 0 aromatic carbocycles. The average Bonchev–Trinajstić information content (AvgIpc) is 2.88. The lowest BCUT2D eigenvalue weighted by Crippen LogP contribution is -2.46. The van der Waals surface area contributed by atoms with Crippen LogP contribution >= 0.6 is 0 Å². The van der Waals surface area contributed by atoms with Crippen molar-refractivity contribution in [1.82, 2.24) is 0 Å². The fourth-order valence-electron chi connectivity index (χ4n) is 4.88. The monoisotopic (exact) mass is 534 g/mol. The zero-order chi connectivity index (χ0) is 29.0. The first kappa shape index (κ1) is 33.8. The van der Waals surface area contributed by atoms with Gasteiger partial charge in [0.05, 0.1) is 25.4 Å². The van der Waals surface area contributed by atoms with Crippen molar-refractivity contribution in [3.8, 4) is 0 Å². The number of allylic oxidation sites excluding steroid dienone is 6. The number of carbonyl (C=O) groups excluding carboxylic acids is 1. The number of aliphatic hydroxyl groups is 3. The Morgan fingerprint density at radius 3 is 2.42 bits per heavy atom. The molecule has 1 unspecified atom stereocenters. The molecule has 0 aliphatic carbocycles. The van der Waals surface area contributed by atoms with Gasteiger partial charge in [-0.15, -0.1) is 0 Å². The Kier molecular flexibility index (Phi) is 14.9. The van der Waals surface area contributed by atoms with Gasteiger partial charge in [-0.2, -0.15) is 0 Å². The Balaban J connectivity index is 3.50. The van der Waals surface area contributed by atoms with Crippen LogP contribution in [-0.2, 0) is 19.0 Å². The van der Waals surface area contributed by atoms with E-state index in [1.807, 2.05) is 65.0 Å². The zero-order valence-corrected chi connectivity index (χ0v) is 24.6. The summed E-state index contributed by atoms with van der Waals surface area (Å²) < 4.78 is 17.0. The number of hydrogen-bond donors (Lipinski definition) is 3. The quantitative estimate of drug-likeness (QED) is 0.301. The van der Waals surface area contributed by atoms with Crippen molar-refractivity contribution in [2.24, 2.45) is 23.7 Å². The van der Waals surface area contributed by atoms with E-state index in [1.54, 1.807) is 26.0 Å². The van der Waals surface area contributed by atoms with E-state index in [1.165, 1.54) is 14.2 Å². The van der Waals surface area contributed by atoms with E-state index in [4.69, 9.17) is 14.2 Å². The van der Waals surface area contributed by atoms with Gasteiger partial charge < -0.3 is 29.5 Å². The summed E-state index contributed by atoms with van der Waals surface area (Å²) in [7, 11) is 2.92. The van der Waals surface area contributed by atoms with E-state index in [-0.39, 0.29) is 17.6 Å². The lowest BCUT2D eigenvalue weighted by atomic mass is 9.83. The topological polar surface area (TPSA) is 105 Å². The third-order valence-electron chi connectivity index (χ3n) is 7.41. The Morgan fingerprint density at radius 2 is 1.84 bits per heavy atom. The molecular weight excluding hydrogens is 484 g/mol. The summed E-state index contributed by atoms with van der Waals surface area (Å²) >= 11 is 0. The van der Waals surface area contributed by atoms with Crippen LogP contribution in [0.15, 0.2) is 59.4 Å². The maximum Gasteiger partial charge on any atom is 0.373 e. The molecule has 0 saturated carbocycles. The van der Waals surface area contributed by atoms with E-state index >= 15 is 0 Å². The van der Waals surface area contributed by atoms with Crippen LogP contribution in [-0.4, -0.2) is 66.0 Å². The predicted molar refractivity (Wildman–Crippen MR) is 151 cm³/mol. The van der Waals surface area contributed by atoms with Crippen molar-refractivity contribution >= 4 is 5.97 Å². The highest BCUT2D eigenvalue weighted by Gasteiger charge is 2.38. The molecule has 7 nitrogen and oxygen atoms in total. The molecule has 216 valence electrons. The van der Waals surface area contributed by atoms with Gasteiger partial charge in [0.2, 0.25) is 5.76 Å². The van der Waals surface area contributed by atoms with Crippen LogP contribution in [0.5, 0.6) is 0 Å². The van der Waals surface area contributed by atoms with Gasteiger partial charge in [-0.25, -0.2) is 4.79 Å². The standard InChI is InChI=1S/C31H50O7/c1-10-11-14-25(32)23(6)29(34)24(7)30-26(36-8)15-12-13-19(2)16-21(4)28(33)22(5)17-20(3)18-27(37-9)31(35)38-30/h10-13,15,17-18,21-26,28-30,32-34H,14,16H2,1-9H3/b11-10+,15-12+,19-13+,20-17+,27-18-/t21-,22+,23+,24-,25?,26-,28-,29-,30+/m0/s1. The van der Waals surface area contributed by atoms with Crippen LogP contribution in [0.25, 0.3) is 0 Å². The summed E-state index contributed by atoms with van der Waals surface area (Å²) in [4.78, 5) is 13.3. The maximum absolute atomic E-state index is 13.3. The van der Waals surface area contributed by atoms with Gasteiger partial charge >= 0.3 is 5.97 Å². The van der Waals surface area contributed by atoms with E-state index in [0.717, 1.165) is 11.1 Å². The molecule has 0 spiro atoms. The summed E-state index contributed by atoms with van der Waals surface area (Å²) in [6.45, 7) is 13.3. The summed E-state index contributed by atoms with van der Waals surface area (Å²) in [5.41, 5.74) is 1.84. The maximum atomic E-state index is 13.3. The number of cyclic esters (lactones) is 1. The number of ether oxygens (including phenoxy) is 3. The van der Waals surface area contributed by atoms with Crippen LogP contribution in [0, 0.1) is 23.7 Å². The van der Waals surface area contributed by atoms with Gasteiger partial charge in [0.25, 0.3) is 0 Å². The van der Waals surface area contributed by atoms with E-state index < -0.39 is 48.3 Å². The number of aliphatic hydroxyl groups excluding tert-OH is 3. The van der Waals surface area contributed by atoms with Gasteiger partial charge in [-0.05, 0) is 45.6 Å². The highest BCUT2D eigenvalue weighted by atomic mass is 16.6. The van der Waals surface area contributed by atoms with Crippen molar-refractivity contribution in [1.29, 1.82) is 0 Å². The van der Waals surface area contributed by atoms with Gasteiger partial charge in [0.15, 0.2) is 0 Å². The van der Waals surface area contributed by atoms with Crippen LogP contribution in [0.1, 0.15) is 61.3 Å². The molecular formula is C31H50O7. The van der Waals surface area contributed by atoms with E-state index in [2.05, 4.69) is 0 Å². The smallest absolute Gasteiger partial charge is 0.373 e. The van der Waals surface area contributed by atoms with Crippen LogP contribution < -0.4 is 0 Å². The van der Waals surface area contributed by atoms with Gasteiger partial charge in [0, 0.05) is 24.9 Å². The predicted octanol–water partition coefficient (Wildman–Crippen LogP) is 4.89. The minimum Gasteiger partial charge on any atom is -0.490 e. The lowest BCUT2D eigenvalue weighted by Gasteiger charge is -2.35. The third-order valence-corrected chi connectivity index (χ3v) is 7.41. The molecule has 1 rings (SSSR count). The molecule has 7 heteroatoms. The Morgan fingerprint density at radius 1 is 1.18 bits per heavy atom. The second kappa shape index (κ2) is 16.7. The second-order valence-electron chi connectivity index (χ2n) is 10.7. The summed E-state index contributed by atoms with van der Waals surface area (Å²) in [5.74, 6) is -1.84. The molecule has 0 radical (unpaired) electrons. The highest BCUT2D eigenvalue weighted by molar-refractivity contribution is 5.87. The summed E-state index contributed by atoms with van der Waals surface area (Å²) in [6.07, 6.45) is 10.1. The summed E-state index contributed by atoms with van der Waals surface area (Å²) in [5, 5.41) is 32.6. The number of rotatable bonds is 8. The van der Waals surface area contributed by atoms with Crippen molar-refractivity contribution in [2.75, 3.05) is 14.2 Å². The molecule has 1 aliphatic rings. The highest BCUT2D eigenvalue weighted by Crippen LogP contribution is 2.28. The van der Waals surface area contributed by atoms with Crippen molar-refractivity contribution < 1.29 is 34.3 Å². The molecule has 0 amide bonds. The number of hydrogen-bond acceptors (Lipinski definition) is 7. The Bertz CT molecular complexity index is 885. The molecule has 1 aliphatic heterocycles. The van der Waals surface area contributed by atoms with E-state index in [0.29, 0.717) is 12.8 Å². The van der Waals surface area contributed by atoms with Crippen LogP contribution in [0.2, 0.25) is 0 Å². The SMILES string of the molecule is C/C=C/CC(O)[C@@H](C)[C@H](O)[C@H](C)[C@H]1OC(=O)/C(OC)=C/C(C)=C/[C@@H](C)[C@@H](O)[C@@H](C)C/C(C)=C/C=C/[C@@H]1OC. The molecule has 3 N–H and O–H groups in total. The zero-order valence-electron chi connectivity index (χ0n) is 24.6. The van der Waals surface area contributed by atoms with Crippen LogP contribution in [0.3, 0.4) is 0 Å². The van der Waals surface area contributed by atoms with Gasteiger partial charge in [-0.1, -0.05) is 75.3 Å². The molecule has 0 aromatic heterocycles. The molecule has 9 atom stereocenters. The number of methoxy groups -OCH3 is 2. The fraction of sp³-hybridized carbons (Fsp3) is 0.645. The van der Waals surface area contributed by atoms with Crippen LogP contribution in [0.4, 0.5) is 0 Å². The minimum atomic E-state index is -0.971. The van der Waals surface area contributed by atoms with Gasteiger partial charge in [0.1, 0.15) is 12.2 Å². The molecule has 0 fully saturated rings. The van der Waals surface area contributed by atoms with Gasteiger partial charge in [-0.3, -0.25) is 0 Å². The van der Waals surface area contributed by atoms with E-state index in [9.17, 15) is 20.1 Å². The molecule has 38 heavy (non-hydrogen) atoms.